The van der Waals surface area contributed by atoms with E-state index in [1.165, 1.54) is 4.57 Å². The monoisotopic (exact) mass is 489 g/mol. The summed E-state index contributed by atoms with van der Waals surface area (Å²) in [5.74, 6) is -0.0411. The number of halogens is 1. The second-order valence-electron chi connectivity index (χ2n) is 8.56. The van der Waals surface area contributed by atoms with Gasteiger partial charge in [0.15, 0.2) is 0 Å². The molecule has 1 aromatic heterocycles. The van der Waals surface area contributed by atoms with E-state index in [1.807, 2.05) is 18.2 Å². The molecule has 4 aromatic rings. The molecule has 1 heterocycles. The Bertz CT molecular complexity index is 1460. The third-order valence-electron chi connectivity index (χ3n) is 5.94. The molecule has 0 aliphatic carbocycles. The van der Waals surface area contributed by atoms with Gasteiger partial charge in [-0.1, -0.05) is 67.8 Å². The summed E-state index contributed by atoms with van der Waals surface area (Å²) in [6.07, 6.45) is 3.40. The zero-order valence-electron chi connectivity index (χ0n) is 19.7. The van der Waals surface area contributed by atoms with E-state index in [1.54, 1.807) is 59.2 Å². The number of benzene rings is 3. The predicted molar refractivity (Wildman–Crippen MR) is 141 cm³/mol. The number of hydrogen-bond acceptors (Lipinski definition) is 3. The molecule has 0 fully saturated rings. The summed E-state index contributed by atoms with van der Waals surface area (Å²) in [5, 5.41) is 3.96. The van der Waals surface area contributed by atoms with Gasteiger partial charge in [-0.15, -0.1) is 0 Å². The number of aromatic nitrogens is 2. The van der Waals surface area contributed by atoms with E-state index in [0.717, 1.165) is 30.4 Å². The van der Waals surface area contributed by atoms with E-state index in [9.17, 15) is 14.4 Å². The molecule has 0 aliphatic heterocycles. The molecule has 6 nitrogen and oxygen atoms in total. The number of unbranched alkanes of at least 4 members (excludes halogenated alkanes) is 2. The van der Waals surface area contributed by atoms with Gasteiger partial charge >= 0.3 is 5.69 Å². The number of carbonyl (C=O) groups is 1. The minimum Gasteiger partial charge on any atom is -0.356 e. The molecule has 4 rings (SSSR count). The van der Waals surface area contributed by atoms with Gasteiger partial charge in [-0.05, 0) is 53.9 Å². The zero-order chi connectivity index (χ0) is 24.8. The van der Waals surface area contributed by atoms with E-state index < -0.39 is 5.69 Å². The SMILES string of the molecule is CCCCCNC(=O)Cc1ccc(-n2c(=O)c3ccccc3n(Cc3cccc(Cl)c3)c2=O)cc1. The average molecular weight is 490 g/mol. The number of para-hydroxylation sites is 1. The summed E-state index contributed by atoms with van der Waals surface area (Å²) in [5.41, 5.74) is 1.88. The van der Waals surface area contributed by atoms with Crippen molar-refractivity contribution in [2.45, 2.75) is 39.2 Å². The van der Waals surface area contributed by atoms with E-state index in [0.29, 0.717) is 28.2 Å². The summed E-state index contributed by atoms with van der Waals surface area (Å²) in [7, 11) is 0. The lowest BCUT2D eigenvalue weighted by molar-refractivity contribution is -0.120. The highest BCUT2D eigenvalue weighted by molar-refractivity contribution is 6.30. The lowest BCUT2D eigenvalue weighted by Gasteiger charge is -2.15. The first-order valence-electron chi connectivity index (χ1n) is 11.8. The molecule has 35 heavy (non-hydrogen) atoms. The van der Waals surface area contributed by atoms with Gasteiger partial charge in [0.1, 0.15) is 0 Å². The molecule has 0 saturated heterocycles. The van der Waals surface area contributed by atoms with Crippen LogP contribution in [0.25, 0.3) is 16.6 Å². The van der Waals surface area contributed by atoms with Gasteiger partial charge in [0, 0.05) is 11.6 Å². The van der Waals surface area contributed by atoms with Crippen molar-refractivity contribution in [1.29, 1.82) is 0 Å². The molecule has 0 saturated carbocycles. The molecule has 0 aliphatic rings. The first kappa shape index (κ1) is 24.5. The fourth-order valence-electron chi connectivity index (χ4n) is 4.13. The number of rotatable bonds is 9. The van der Waals surface area contributed by atoms with Crippen molar-refractivity contribution < 1.29 is 4.79 Å². The lowest BCUT2D eigenvalue weighted by Crippen LogP contribution is -2.39. The molecule has 0 bridgehead atoms. The number of nitrogens with zero attached hydrogens (tertiary/aromatic N) is 2. The van der Waals surface area contributed by atoms with Crippen molar-refractivity contribution in [3.63, 3.8) is 0 Å². The van der Waals surface area contributed by atoms with Crippen molar-refractivity contribution in [2.24, 2.45) is 0 Å². The van der Waals surface area contributed by atoms with Gasteiger partial charge < -0.3 is 5.32 Å². The Labute approximate surface area is 208 Å². The number of carbonyl (C=O) groups excluding carboxylic acids is 1. The minimum atomic E-state index is -0.435. The molecule has 7 heteroatoms. The normalized spacial score (nSPS) is 11.0. The van der Waals surface area contributed by atoms with Crippen LogP contribution >= 0.6 is 11.6 Å². The summed E-state index contributed by atoms with van der Waals surface area (Å²) >= 11 is 6.14. The molecule has 0 atom stereocenters. The second kappa shape index (κ2) is 11.2. The topological polar surface area (TPSA) is 73.1 Å². The molecular formula is C28H28ClN3O3. The lowest BCUT2D eigenvalue weighted by atomic mass is 10.1. The first-order valence-corrected chi connectivity index (χ1v) is 12.2. The Hall–Kier alpha value is -3.64. The Morgan fingerprint density at radius 1 is 0.914 bits per heavy atom. The van der Waals surface area contributed by atoms with E-state index in [-0.39, 0.29) is 24.4 Å². The van der Waals surface area contributed by atoms with Crippen LogP contribution < -0.4 is 16.6 Å². The Morgan fingerprint density at radius 2 is 1.69 bits per heavy atom. The van der Waals surface area contributed by atoms with Crippen LogP contribution in [0.4, 0.5) is 0 Å². The summed E-state index contributed by atoms with van der Waals surface area (Å²) in [6.45, 7) is 3.07. The second-order valence-corrected chi connectivity index (χ2v) is 8.99. The van der Waals surface area contributed by atoms with Gasteiger partial charge in [0.05, 0.1) is 29.6 Å². The maximum atomic E-state index is 13.6. The fourth-order valence-corrected chi connectivity index (χ4v) is 4.35. The Morgan fingerprint density at radius 3 is 2.43 bits per heavy atom. The summed E-state index contributed by atoms with van der Waals surface area (Å²) in [6, 6.07) is 21.4. The molecule has 0 unspecified atom stereocenters. The quantitative estimate of drug-likeness (QED) is 0.346. The highest BCUT2D eigenvalue weighted by Crippen LogP contribution is 2.15. The maximum Gasteiger partial charge on any atom is 0.336 e. The molecule has 3 aromatic carbocycles. The van der Waals surface area contributed by atoms with Crippen molar-refractivity contribution in [2.75, 3.05) is 6.54 Å². The van der Waals surface area contributed by atoms with Crippen molar-refractivity contribution in [1.82, 2.24) is 14.5 Å². The largest absolute Gasteiger partial charge is 0.356 e. The first-order chi connectivity index (χ1) is 17.0. The van der Waals surface area contributed by atoms with Gasteiger partial charge in [0.2, 0.25) is 5.91 Å². The van der Waals surface area contributed by atoms with E-state index in [2.05, 4.69) is 12.2 Å². The van der Waals surface area contributed by atoms with Crippen LogP contribution in [0.1, 0.15) is 37.3 Å². The summed E-state index contributed by atoms with van der Waals surface area (Å²) < 4.78 is 2.77. The molecule has 180 valence electrons. The van der Waals surface area contributed by atoms with E-state index in [4.69, 9.17) is 11.6 Å². The number of hydrogen-bond donors (Lipinski definition) is 1. The van der Waals surface area contributed by atoms with Crippen LogP contribution in [0.5, 0.6) is 0 Å². The standard InChI is InChI=1S/C28H28ClN3O3/c1-2-3-6-16-30-26(33)18-20-12-14-23(15-13-20)32-27(34)24-10-4-5-11-25(24)31(28(32)35)19-21-8-7-9-22(29)17-21/h4-5,7-15,17H,2-3,6,16,18-19H2,1H3,(H,30,33). The fraction of sp³-hybridized carbons (Fsp3) is 0.250. The van der Waals surface area contributed by atoms with Crippen LogP contribution in [0.15, 0.2) is 82.4 Å². The van der Waals surface area contributed by atoms with Crippen LogP contribution in [-0.4, -0.2) is 21.6 Å². The number of nitrogens with one attached hydrogen (secondary N) is 1. The van der Waals surface area contributed by atoms with Crippen molar-refractivity contribution >= 4 is 28.4 Å². The molecule has 1 N–H and O–H groups in total. The van der Waals surface area contributed by atoms with Crippen LogP contribution in [0, 0.1) is 0 Å². The average Bonchev–Trinajstić information content (AvgIpc) is 2.86. The van der Waals surface area contributed by atoms with Crippen LogP contribution in [0.3, 0.4) is 0 Å². The Balaban J connectivity index is 1.67. The summed E-state index contributed by atoms with van der Waals surface area (Å²) in [4.78, 5) is 39.1. The number of fused-ring (bicyclic) bond motifs is 1. The van der Waals surface area contributed by atoms with Gasteiger partial charge in [0.25, 0.3) is 5.56 Å². The predicted octanol–water partition coefficient (Wildman–Crippen LogP) is 4.70. The molecule has 1 amide bonds. The molecule has 0 radical (unpaired) electrons. The highest BCUT2D eigenvalue weighted by Gasteiger charge is 2.15. The molecule has 0 spiro atoms. The van der Waals surface area contributed by atoms with Gasteiger partial charge in [-0.3, -0.25) is 14.2 Å². The molecular weight excluding hydrogens is 462 g/mol. The minimum absolute atomic E-state index is 0.0411. The third-order valence-corrected chi connectivity index (χ3v) is 6.18. The van der Waals surface area contributed by atoms with Crippen LogP contribution in [-0.2, 0) is 17.8 Å². The zero-order valence-corrected chi connectivity index (χ0v) is 20.4. The highest BCUT2D eigenvalue weighted by atomic mass is 35.5. The Kier molecular flexibility index (Phi) is 7.83. The van der Waals surface area contributed by atoms with Gasteiger partial charge in [-0.2, -0.15) is 0 Å². The van der Waals surface area contributed by atoms with Gasteiger partial charge in [-0.25, -0.2) is 9.36 Å². The third kappa shape index (κ3) is 5.72. The van der Waals surface area contributed by atoms with Crippen LogP contribution in [0.2, 0.25) is 5.02 Å². The van der Waals surface area contributed by atoms with Crippen molar-refractivity contribution in [3.8, 4) is 5.69 Å². The smallest absolute Gasteiger partial charge is 0.336 e. The maximum absolute atomic E-state index is 13.6. The number of amides is 1. The van der Waals surface area contributed by atoms with Crippen molar-refractivity contribution in [3.05, 3.63) is 110 Å². The van der Waals surface area contributed by atoms with E-state index >= 15 is 0 Å².